The van der Waals surface area contributed by atoms with Gasteiger partial charge in [-0.3, -0.25) is 0 Å². The standard InChI is InChI=1S/C11H10BrF3O3/c12-7-4-6(10(16)11(13,14)15)5-8-9(7)18-3-1-2-17-8/h4-5,10,16H,1-3H2. The summed E-state index contributed by atoms with van der Waals surface area (Å²) in [5, 5.41) is 9.21. The van der Waals surface area contributed by atoms with Gasteiger partial charge in [0.15, 0.2) is 17.6 Å². The Balaban J connectivity index is 2.40. The molecule has 100 valence electrons. The minimum atomic E-state index is -4.71. The molecule has 2 rings (SSSR count). The summed E-state index contributed by atoms with van der Waals surface area (Å²) in [6.45, 7) is 0.803. The highest BCUT2D eigenvalue weighted by Crippen LogP contribution is 2.42. The highest BCUT2D eigenvalue weighted by Gasteiger charge is 2.40. The molecule has 3 nitrogen and oxygen atoms in total. The van der Waals surface area contributed by atoms with Gasteiger partial charge >= 0.3 is 6.18 Å². The van der Waals surface area contributed by atoms with Gasteiger partial charge in [0.25, 0.3) is 0 Å². The van der Waals surface area contributed by atoms with Crippen molar-refractivity contribution in [3.63, 3.8) is 0 Å². The summed E-state index contributed by atoms with van der Waals surface area (Å²) < 4.78 is 48.3. The van der Waals surface area contributed by atoms with E-state index in [1.54, 1.807) is 0 Å². The number of halogens is 4. The first kappa shape index (κ1) is 13.5. The van der Waals surface area contributed by atoms with E-state index in [0.717, 1.165) is 6.07 Å². The minimum Gasteiger partial charge on any atom is -0.490 e. The molecular formula is C11H10BrF3O3. The second-order valence-corrected chi connectivity index (χ2v) is 4.68. The van der Waals surface area contributed by atoms with Gasteiger partial charge in [-0.05, 0) is 33.6 Å². The fraction of sp³-hybridized carbons (Fsp3) is 0.455. The maximum Gasteiger partial charge on any atom is 0.418 e. The molecule has 1 unspecified atom stereocenters. The van der Waals surface area contributed by atoms with Gasteiger partial charge in [0.2, 0.25) is 0 Å². The van der Waals surface area contributed by atoms with Crippen LogP contribution in [0.1, 0.15) is 18.1 Å². The fourth-order valence-electron chi connectivity index (χ4n) is 1.60. The van der Waals surface area contributed by atoms with Crippen LogP contribution in [0, 0.1) is 0 Å². The molecular weight excluding hydrogens is 317 g/mol. The van der Waals surface area contributed by atoms with Gasteiger partial charge in [-0.15, -0.1) is 0 Å². The van der Waals surface area contributed by atoms with Crippen molar-refractivity contribution >= 4 is 15.9 Å². The van der Waals surface area contributed by atoms with Gasteiger partial charge < -0.3 is 14.6 Å². The SMILES string of the molecule is OC(c1cc(Br)c2c(c1)OCCCO2)C(F)(F)F. The van der Waals surface area contributed by atoms with Crippen LogP contribution in [-0.2, 0) is 0 Å². The second kappa shape index (κ2) is 4.97. The zero-order chi connectivity index (χ0) is 13.3. The van der Waals surface area contributed by atoms with Crippen LogP contribution in [0.5, 0.6) is 11.5 Å². The summed E-state index contributed by atoms with van der Waals surface area (Å²) in [7, 11) is 0. The van der Waals surface area contributed by atoms with Crippen molar-refractivity contribution in [1.82, 2.24) is 0 Å². The number of alkyl halides is 3. The lowest BCUT2D eigenvalue weighted by atomic mass is 10.1. The number of hydrogen-bond donors (Lipinski definition) is 1. The van der Waals surface area contributed by atoms with E-state index >= 15 is 0 Å². The average molecular weight is 327 g/mol. The lowest BCUT2D eigenvalue weighted by molar-refractivity contribution is -0.206. The molecule has 1 aromatic carbocycles. The first-order valence-electron chi connectivity index (χ1n) is 5.23. The smallest absolute Gasteiger partial charge is 0.418 e. The van der Waals surface area contributed by atoms with Crippen LogP contribution >= 0.6 is 15.9 Å². The summed E-state index contributed by atoms with van der Waals surface area (Å²) >= 11 is 3.12. The Morgan fingerprint density at radius 3 is 2.56 bits per heavy atom. The predicted octanol–water partition coefficient (Wildman–Crippen LogP) is 3.21. The molecule has 1 heterocycles. The molecule has 1 N–H and O–H groups in total. The number of benzene rings is 1. The molecule has 1 aliphatic rings. The van der Waals surface area contributed by atoms with E-state index in [4.69, 9.17) is 9.47 Å². The van der Waals surface area contributed by atoms with Crippen LogP contribution < -0.4 is 9.47 Å². The molecule has 0 amide bonds. The molecule has 0 aliphatic carbocycles. The Labute approximate surface area is 110 Å². The zero-order valence-electron chi connectivity index (χ0n) is 9.13. The van der Waals surface area contributed by atoms with Gasteiger partial charge in [-0.2, -0.15) is 13.2 Å². The van der Waals surface area contributed by atoms with E-state index in [9.17, 15) is 18.3 Å². The van der Waals surface area contributed by atoms with Crippen molar-refractivity contribution in [2.24, 2.45) is 0 Å². The largest absolute Gasteiger partial charge is 0.490 e. The van der Waals surface area contributed by atoms with Crippen molar-refractivity contribution < 1.29 is 27.8 Å². The van der Waals surface area contributed by atoms with Gasteiger partial charge in [-0.1, -0.05) is 0 Å². The van der Waals surface area contributed by atoms with Gasteiger partial charge in [-0.25, -0.2) is 0 Å². The maximum atomic E-state index is 12.4. The highest BCUT2D eigenvalue weighted by molar-refractivity contribution is 9.10. The number of rotatable bonds is 1. The highest BCUT2D eigenvalue weighted by atomic mass is 79.9. The van der Waals surface area contributed by atoms with Gasteiger partial charge in [0.1, 0.15) is 0 Å². The summed E-state index contributed by atoms with van der Waals surface area (Å²) in [5.74, 6) is 0.575. The van der Waals surface area contributed by atoms with E-state index in [0.29, 0.717) is 29.9 Å². The molecule has 0 fully saturated rings. The Morgan fingerprint density at radius 2 is 1.89 bits per heavy atom. The van der Waals surface area contributed by atoms with Crippen LogP contribution in [0.4, 0.5) is 13.2 Å². The molecule has 1 aliphatic heterocycles. The number of fused-ring (bicyclic) bond motifs is 1. The Hall–Kier alpha value is -0.950. The molecule has 0 saturated carbocycles. The first-order valence-corrected chi connectivity index (χ1v) is 6.02. The summed E-state index contributed by atoms with van der Waals surface area (Å²) in [6.07, 6.45) is -6.59. The summed E-state index contributed by atoms with van der Waals surface area (Å²) in [5.41, 5.74) is -0.279. The zero-order valence-corrected chi connectivity index (χ0v) is 10.7. The van der Waals surface area contributed by atoms with Crippen LogP contribution in [0.15, 0.2) is 16.6 Å². The monoisotopic (exact) mass is 326 g/mol. The van der Waals surface area contributed by atoms with Gasteiger partial charge in [0, 0.05) is 6.42 Å². The average Bonchev–Trinajstić information content (AvgIpc) is 2.52. The van der Waals surface area contributed by atoms with E-state index in [1.165, 1.54) is 6.07 Å². The van der Waals surface area contributed by atoms with Crippen molar-refractivity contribution in [1.29, 1.82) is 0 Å². The number of aliphatic hydroxyl groups excluding tert-OH is 1. The van der Waals surface area contributed by atoms with E-state index < -0.39 is 12.3 Å². The third kappa shape index (κ3) is 2.72. The van der Waals surface area contributed by atoms with E-state index in [1.807, 2.05) is 0 Å². The molecule has 0 radical (unpaired) electrons. The van der Waals surface area contributed by atoms with Crippen molar-refractivity contribution in [3.05, 3.63) is 22.2 Å². The van der Waals surface area contributed by atoms with Crippen LogP contribution in [-0.4, -0.2) is 24.5 Å². The molecule has 1 atom stereocenters. The van der Waals surface area contributed by atoms with E-state index in [2.05, 4.69) is 15.9 Å². The molecule has 0 bridgehead atoms. The fourth-order valence-corrected chi connectivity index (χ4v) is 2.17. The quantitative estimate of drug-likeness (QED) is 0.861. The summed E-state index contributed by atoms with van der Waals surface area (Å²) in [6, 6.07) is 2.34. The third-order valence-corrected chi connectivity index (χ3v) is 3.04. The van der Waals surface area contributed by atoms with Gasteiger partial charge in [0.05, 0.1) is 17.7 Å². The molecule has 1 aromatic rings. The first-order chi connectivity index (χ1) is 8.39. The van der Waals surface area contributed by atoms with Crippen molar-refractivity contribution in [2.45, 2.75) is 18.7 Å². The summed E-state index contributed by atoms with van der Waals surface area (Å²) in [4.78, 5) is 0. The van der Waals surface area contributed by atoms with Crippen molar-refractivity contribution in [2.75, 3.05) is 13.2 Å². The third-order valence-electron chi connectivity index (χ3n) is 2.45. The number of hydrogen-bond acceptors (Lipinski definition) is 3. The minimum absolute atomic E-state index is 0.208. The predicted molar refractivity (Wildman–Crippen MR) is 60.8 cm³/mol. The van der Waals surface area contributed by atoms with Crippen LogP contribution in [0.25, 0.3) is 0 Å². The lowest BCUT2D eigenvalue weighted by Gasteiger charge is -2.17. The van der Waals surface area contributed by atoms with Crippen LogP contribution in [0.2, 0.25) is 0 Å². The molecule has 18 heavy (non-hydrogen) atoms. The lowest BCUT2D eigenvalue weighted by Crippen LogP contribution is -2.20. The van der Waals surface area contributed by atoms with Crippen LogP contribution in [0.3, 0.4) is 0 Å². The molecule has 0 aromatic heterocycles. The molecule has 0 spiro atoms. The maximum absolute atomic E-state index is 12.4. The Morgan fingerprint density at radius 1 is 1.22 bits per heavy atom. The Bertz CT molecular complexity index is 448. The topological polar surface area (TPSA) is 38.7 Å². The normalized spacial score (nSPS) is 17.2. The van der Waals surface area contributed by atoms with E-state index in [-0.39, 0.29) is 11.3 Å². The molecule has 0 saturated heterocycles. The number of ether oxygens (including phenoxy) is 2. The Kier molecular flexibility index (Phi) is 3.72. The second-order valence-electron chi connectivity index (χ2n) is 3.82. The number of aliphatic hydroxyl groups is 1. The van der Waals surface area contributed by atoms with Crippen molar-refractivity contribution in [3.8, 4) is 11.5 Å². The molecule has 7 heteroatoms.